The molecule has 2 atom stereocenters. The minimum atomic E-state index is -0.510. The van der Waals surface area contributed by atoms with Crippen molar-refractivity contribution >= 4 is 0 Å². The van der Waals surface area contributed by atoms with Crippen LogP contribution in [0.15, 0.2) is 24.3 Å². The van der Waals surface area contributed by atoms with Gasteiger partial charge in [0.1, 0.15) is 0 Å². The summed E-state index contributed by atoms with van der Waals surface area (Å²) in [5.74, 6) is 0. The summed E-state index contributed by atoms with van der Waals surface area (Å²) in [7, 11) is 0. The van der Waals surface area contributed by atoms with E-state index in [0.29, 0.717) is 13.1 Å². The molecule has 16 heavy (non-hydrogen) atoms. The fraction of sp³-hybridized carbons (Fsp3) is 0.538. The smallest absolute Gasteiger partial charge is 0.0914 e. The molecule has 3 N–H and O–H groups in total. The highest BCUT2D eigenvalue weighted by atomic mass is 16.3. The molecule has 0 aliphatic heterocycles. The van der Waals surface area contributed by atoms with Crippen LogP contribution in [0.4, 0.5) is 0 Å². The summed E-state index contributed by atoms with van der Waals surface area (Å²) in [5, 5.41) is 21.9. The van der Waals surface area contributed by atoms with E-state index in [9.17, 15) is 5.11 Å². The molecule has 3 nitrogen and oxygen atoms in total. The first-order valence-corrected chi connectivity index (χ1v) is 5.79. The van der Waals surface area contributed by atoms with Crippen molar-refractivity contribution in [2.45, 2.75) is 32.5 Å². The summed E-state index contributed by atoms with van der Waals surface area (Å²) in [6.07, 6.45) is 0.121. The number of benzene rings is 1. The van der Waals surface area contributed by atoms with E-state index >= 15 is 0 Å². The van der Waals surface area contributed by atoms with Crippen LogP contribution in [0.1, 0.15) is 31.1 Å². The third kappa shape index (κ3) is 4.31. The van der Waals surface area contributed by atoms with Gasteiger partial charge in [-0.3, -0.25) is 0 Å². The standard InChI is InChI=1S/C13H21NO2/c1-3-11-4-6-12(7-5-11)13(16)9-14-8-10(2)15/h4-7,10,13-16H,3,8-9H2,1-2H3. The zero-order valence-electron chi connectivity index (χ0n) is 9.98. The molecule has 0 saturated heterocycles. The lowest BCUT2D eigenvalue weighted by molar-refractivity contribution is 0.155. The van der Waals surface area contributed by atoms with Gasteiger partial charge < -0.3 is 15.5 Å². The molecule has 1 rings (SSSR count). The highest BCUT2D eigenvalue weighted by Gasteiger charge is 2.07. The van der Waals surface area contributed by atoms with Crippen molar-refractivity contribution in [2.24, 2.45) is 0 Å². The Labute approximate surface area is 97.1 Å². The first-order valence-electron chi connectivity index (χ1n) is 5.79. The summed E-state index contributed by atoms with van der Waals surface area (Å²) in [6, 6.07) is 7.97. The predicted molar refractivity (Wildman–Crippen MR) is 65.3 cm³/mol. The number of hydrogen-bond donors (Lipinski definition) is 3. The predicted octanol–water partition coefficient (Wildman–Crippen LogP) is 1.25. The van der Waals surface area contributed by atoms with E-state index in [-0.39, 0.29) is 6.10 Å². The Hall–Kier alpha value is -0.900. The summed E-state index contributed by atoms with van der Waals surface area (Å²) < 4.78 is 0. The maximum Gasteiger partial charge on any atom is 0.0914 e. The van der Waals surface area contributed by atoms with Crippen LogP contribution < -0.4 is 5.32 Å². The van der Waals surface area contributed by atoms with Gasteiger partial charge in [-0.1, -0.05) is 31.2 Å². The topological polar surface area (TPSA) is 52.5 Å². The van der Waals surface area contributed by atoms with Crippen molar-refractivity contribution in [2.75, 3.05) is 13.1 Å². The molecule has 2 unspecified atom stereocenters. The lowest BCUT2D eigenvalue weighted by atomic mass is 10.1. The molecule has 90 valence electrons. The van der Waals surface area contributed by atoms with Gasteiger partial charge >= 0.3 is 0 Å². The molecule has 0 saturated carbocycles. The molecule has 3 heteroatoms. The largest absolute Gasteiger partial charge is 0.392 e. The van der Waals surface area contributed by atoms with Crippen LogP contribution in [0.5, 0.6) is 0 Å². The zero-order chi connectivity index (χ0) is 12.0. The van der Waals surface area contributed by atoms with Crippen LogP contribution in [0, 0.1) is 0 Å². The number of rotatable bonds is 6. The van der Waals surface area contributed by atoms with Gasteiger partial charge in [-0.25, -0.2) is 0 Å². The molecule has 0 fully saturated rings. The molecule has 0 aliphatic rings. The SMILES string of the molecule is CCc1ccc(C(O)CNCC(C)O)cc1. The minimum absolute atomic E-state index is 0.380. The first-order chi connectivity index (χ1) is 7.63. The second-order valence-corrected chi connectivity index (χ2v) is 4.12. The molecule has 1 aromatic carbocycles. The van der Waals surface area contributed by atoms with Gasteiger partial charge in [-0.05, 0) is 24.5 Å². The van der Waals surface area contributed by atoms with Crippen molar-refractivity contribution in [1.29, 1.82) is 0 Å². The second-order valence-electron chi connectivity index (χ2n) is 4.12. The lowest BCUT2D eigenvalue weighted by Gasteiger charge is -2.13. The van der Waals surface area contributed by atoms with Gasteiger partial charge in [0, 0.05) is 13.1 Å². The van der Waals surface area contributed by atoms with Crippen LogP contribution in [0.3, 0.4) is 0 Å². The van der Waals surface area contributed by atoms with E-state index in [0.717, 1.165) is 12.0 Å². The fourth-order valence-corrected chi connectivity index (χ4v) is 1.52. The maximum absolute atomic E-state index is 9.85. The van der Waals surface area contributed by atoms with E-state index in [4.69, 9.17) is 5.11 Å². The Balaban J connectivity index is 2.43. The van der Waals surface area contributed by atoms with Crippen LogP contribution in [0.2, 0.25) is 0 Å². The summed E-state index contributed by atoms with van der Waals surface area (Å²) in [4.78, 5) is 0. The average molecular weight is 223 g/mol. The molecule has 0 amide bonds. The Morgan fingerprint density at radius 3 is 2.25 bits per heavy atom. The van der Waals surface area contributed by atoms with Gasteiger partial charge in [-0.15, -0.1) is 0 Å². The highest BCUT2D eigenvalue weighted by molar-refractivity contribution is 5.24. The number of hydrogen-bond acceptors (Lipinski definition) is 3. The molecule has 0 bridgehead atoms. The van der Waals surface area contributed by atoms with Crippen molar-refractivity contribution in [3.05, 3.63) is 35.4 Å². The number of aryl methyl sites for hydroxylation is 1. The number of aliphatic hydroxyl groups excluding tert-OH is 2. The molecular formula is C13H21NO2. The summed E-state index contributed by atoms with van der Waals surface area (Å²) in [6.45, 7) is 4.80. The third-order valence-corrected chi connectivity index (χ3v) is 2.55. The van der Waals surface area contributed by atoms with Crippen molar-refractivity contribution < 1.29 is 10.2 Å². The van der Waals surface area contributed by atoms with E-state index in [2.05, 4.69) is 12.2 Å². The first kappa shape index (κ1) is 13.2. The van der Waals surface area contributed by atoms with E-state index < -0.39 is 6.10 Å². The van der Waals surface area contributed by atoms with E-state index in [1.54, 1.807) is 6.92 Å². The normalized spacial score (nSPS) is 14.8. The average Bonchev–Trinajstić information content (AvgIpc) is 2.28. The number of aliphatic hydroxyl groups is 2. The van der Waals surface area contributed by atoms with Crippen molar-refractivity contribution in [1.82, 2.24) is 5.32 Å². The summed E-state index contributed by atoms with van der Waals surface area (Å²) >= 11 is 0. The molecule has 0 radical (unpaired) electrons. The second kappa shape index (κ2) is 6.63. The van der Waals surface area contributed by atoms with E-state index in [1.807, 2.05) is 24.3 Å². The Kier molecular flexibility index (Phi) is 5.46. The zero-order valence-corrected chi connectivity index (χ0v) is 9.98. The van der Waals surface area contributed by atoms with Gasteiger partial charge in [0.15, 0.2) is 0 Å². The monoisotopic (exact) mass is 223 g/mol. The Morgan fingerprint density at radius 2 is 1.75 bits per heavy atom. The highest BCUT2D eigenvalue weighted by Crippen LogP contribution is 2.13. The Morgan fingerprint density at radius 1 is 1.12 bits per heavy atom. The van der Waals surface area contributed by atoms with Gasteiger partial charge in [0.2, 0.25) is 0 Å². The summed E-state index contributed by atoms with van der Waals surface area (Å²) in [5.41, 5.74) is 2.18. The molecule has 1 aromatic rings. The van der Waals surface area contributed by atoms with E-state index in [1.165, 1.54) is 5.56 Å². The Bertz CT molecular complexity index is 295. The molecule has 0 spiro atoms. The van der Waals surface area contributed by atoms with Crippen molar-refractivity contribution in [3.63, 3.8) is 0 Å². The van der Waals surface area contributed by atoms with Gasteiger partial charge in [0.25, 0.3) is 0 Å². The van der Waals surface area contributed by atoms with Crippen LogP contribution in [-0.4, -0.2) is 29.4 Å². The lowest BCUT2D eigenvalue weighted by Crippen LogP contribution is -2.28. The van der Waals surface area contributed by atoms with Crippen LogP contribution >= 0.6 is 0 Å². The molecule has 0 aromatic heterocycles. The van der Waals surface area contributed by atoms with Gasteiger partial charge in [0.05, 0.1) is 12.2 Å². The third-order valence-electron chi connectivity index (χ3n) is 2.55. The molecule has 0 aliphatic carbocycles. The van der Waals surface area contributed by atoms with Gasteiger partial charge in [-0.2, -0.15) is 0 Å². The van der Waals surface area contributed by atoms with Crippen molar-refractivity contribution in [3.8, 4) is 0 Å². The molecule has 0 heterocycles. The quantitative estimate of drug-likeness (QED) is 0.680. The van der Waals surface area contributed by atoms with Crippen LogP contribution in [0.25, 0.3) is 0 Å². The molecular weight excluding hydrogens is 202 g/mol. The van der Waals surface area contributed by atoms with Crippen LogP contribution in [-0.2, 0) is 6.42 Å². The minimum Gasteiger partial charge on any atom is -0.392 e. The fourth-order valence-electron chi connectivity index (χ4n) is 1.52. The maximum atomic E-state index is 9.85. The number of nitrogens with one attached hydrogen (secondary N) is 1.